The maximum absolute atomic E-state index is 11.7. The number of hydrogen-bond donors (Lipinski definition) is 2. The van der Waals surface area contributed by atoms with Crippen molar-refractivity contribution in [3.8, 4) is 0 Å². The normalized spacial score (nSPS) is 12.2. The lowest BCUT2D eigenvalue weighted by atomic mass is 10.1. The summed E-state index contributed by atoms with van der Waals surface area (Å²) in [5.41, 5.74) is 0.253. The summed E-state index contributed by atoms with van der Waals surface area (Å²) in [4.78, 5) is 19.4. The fourth-order valence-electron chi connectivity index (χ4n) is 1.36. The molecule has 0 saturated carbocycles. The van der Waals surface area contributed by atoms with E-state index in [0.717, 1.165) is 19.3 Å². The zero-order valence-electron chi connectivity index (χ0n) is 9.69. The molecule has 2 N–H and O–H groups in total. The molecular weight excluding hydrogens is 242 g/mol. The number of aromatic nitrogens is 2. The van der Waals surface area contributed by atoms with Gasteiger partial charge in [-0.15, -0.1) is 0 Å². The number of hydrogen-bond acceptors (Lipinski definition) is 4. The maximum atomic E-state index is 11.7. The number of nitrogens with one attached hydrogen (secondary N) is 1. The van der Waals surface area contributed by atoms with E-state index in [-0.39, 0.29) is 29.4 Å². The van der Waals surface area contributed by atoms with E-state index >= 15 is 0 Å². The monoisotopic (exact) mass is 257 g/mol. The predicted octanol–water partition coefficient (Wildman–Crippen LogP) is 1.41. The van der Waals surface area contributed by atoms with E-state index in [1.807, 2.05) is 6.92 Å². The highest BCUT2D eigenvalue weighted by Crippen LogP contribution is 2.03. The molecule has 0 fully saturated rings. The molecule has 1 heterocycles. The summed E-state index contributed by atoms with van der Waals surface area (Å²) in [6, 6.07) is 0.0477. The second kappa shape index (κ2) is 7.19. The second-order valence-corrected chi connectivity index (χ2v) is 4.21. The third-order valence-electron chi connectivity index (χ3n) is 2.28. The first-order chi connectivity index (χ1) is 8.13. The first-order valence-electron chi connectivity index (χ1n) is 5.52. The van der Waals surface area contributed by atoms with Crippen LogP contribution in [0.15, 0.2) is 12.4 Å². The fourth-order valence-corrected chi connectivity index (χ4v) is 1.46. The summed E-state index contributed by atoms with van der Waals surface area (Å²) in [7, 11) is 0. The minimum atomic E-state index is -0.259. The average molecular weight is 258 g/mol. The van der Waals surface area contributed by atoms with Gasteiger partial charge in [-0.05, 0) is 26.2 Å². The van der Waals surface area contributed by atoms with Gasteiger partial charge >= 0.3 is 0 Å². The quantitative estimate of drug-likeness (QED) is 0.756. The van der Waals surface area contributed by atoms with Crippen LogP contribution in [0.25, 0.3) is 0 Å². The molecule has 0 aliphatic heterocycles. The Hall–Kier alpha value is -1.20. The van der Waals surface area contributed by atoms with Crippen LogP contribution in [0, 0.1) is 0 Å². The number of nitrogens with zero attached hydrogens (tertiary/aromatic N) is 2. The van der Waals surface area contributed by atoms with Crippen molar-refractivity contribution in [1.82, 2.24) is 15.3 Å². The number of carbonyl (C=O) groups excluding carboxylic acids is 1. The van der Waals surface area contributed by atoms with E-state index in [1.165, 1.54) is 12.4 Å². The Morgan fingerprint density at radius 1 is 1.47 bits per heavy atom. The number of rotatable bonds is 6. The summed E-state index contributed by atoms with van der Waals surface area (Å²) in [6.45, 7) is 2.10. The third kappa shape index (κ3) is 5.10. The van der Waals surface area contributed by atoms with Gasteiger partial charge in [0.15, 0.2) is 0 Å². The third-order valence-corrected chi connectivity index (χ3v) is 2.47. The van der Waals surface area contributed by atoms with Crippen molar-refractivity contribution < 1.29 is 9.90 Å². The van der Waals surface area contributed by atoms with Crippen LogP contribution < -0.4 is 5.32 Å². The molecule has 1 aromatic rings. The standard InChI is InChI=1S/C11H16ClN3O2/c1-8(4-2-3-5-16)15-11(17)9-6-14-10(12)7-13-9/h6-8,16H,2-5H2,1H3,(H,15,17)/t8-/m1/s1. The molecule has 0 aromatic carbocycles. The zero-order chi connectivity index (χ0) is 12.7. The van der Waals surface area contributed by atoms with Crippen molar-refractivity contribution in [2.45, 2.75) is 32.2 Å². The van der Waals surface area contributed by atoms with Gasteiger partial charge in [0.25, 0.3) is 5.91 Å². The molecule has 5 nitrogen and oxygen atoms in total. The molecule has 94 valence electrons. The molecule has 1 amide bonds. The first-order valence-corrected chi connectivity index (χ1v) is 5.90. The Labute approximate surface area is 105 Å². The van der Waals surface area contributed by atoms with Crippen LogP contribution in [-0.4, -0.2) is 33.6 Å². The van der Waals surface area contributed by atoms with Gasteiger partial charge in [-0.3, -0.25) is 4.79 Å². The van der Waals surface area contributed by atoms with Crippen LogP contribution in [0.4, 0.5) is 0 Å². The minimum Gasteiger partial charge on any atom is -0.396 e. The Balaban J connectivity index is 2.40. The first kappa shape index (κ1) is 13.9. The zero-order valence-corrected chi connectivity index (χ0v) is 10.4. The molecule has 6 heteroatoms. The van der Waals surface area contributed by atoms with Gasteiger partial charge < -0.3 is 10.4 Å². The molecule has 0 aliphatic carbocycles. The van der Waals surface area contributed by atoms with Crippen molar-refractivity contribution >= 4 is 17.5 Å². The summed E-state index contributed by atoms with van der Waals surface area (Å²) in [5, 5.41) is 11.7. The molecule has 0 unspecified atom stereocenters. The molecule has 1 atom stereocenters. The largest absolute Gasteiger partial charge is 0.396 e. The Bertz CT molecular complexity index is 356. The molecule has 1 aromatic heterocycles. The van der Waals surface area contributed by atoms with Gasteiger partial charge in [-0.25, -0.2) is 9.97 Å². The van der Waals surface area contributed by atoms with E-state index in [9.17, 15) is 4.79 Å². The van der Waals surface area contributed by atoms with E-state index in [2.05, 4.69) is 15.3 Å². The van der Waals surface area contributed by atoms with Gasteiger partial charge in [-0.1, -0.05) is 11.6 Å². The van der Waals surface area contributed by atoms with Crippen LogP contribution >= 0.6 is 11.6 Å². The number of aliphatic hydroxyl groups is 1. The molecule has 0 aliphatic rings. The van der Waals surface area contributed by atoms with Crippen molar-refractivity contribution in [3.05, 3.63) is 23.2 Å². The van der Waals surface area contributed by atoms with Gasteiger partial charge in [0.05, 0.1) is 12.4 Å². The molecule has 0 spiro atoms. The van der Waals surface area contributed by atoms with Crippen LogP contribution in [0.2, 0.25) is 5.15 Å². The summed E-state index contributed by atoms with van der Waals surface area (Å²) in [5.74, 6) is -0.259. The Morgan fingerprint density at radius 2 is 2.24 bits per heavy atom. The van der Waals surface area contributed by atoms with Crippen LogP contribution in [-0.2, 0) is 0 Å². The molecule has 0 saturated heterocycles. The second-order valence-electron chi connectivity index (χ2n) is 3.82. The molecule has 0 radical (unpaired) electrons. The highest BCUT2D eigenvalue weighted by Gasteiger charge is 2.10. The number of unbranched alkanes of at least 4 members (excludes halogenated alkanes) is 1. The summed E-state index contributed by atoms with van der Waals surface area (Å²) >= 11 is 5.58. The van der Waals surface area contributed by atoms with Crippen molar-refractivity contribution in [3.63, 3.8) is 0 Å². The minimum absolute atomic E-state index is 0.0477. The smallest absolute Gasteiger partial charge is 0.271 e. The van der Waals surface area contributed by atoms with E-state index in [1.54, 1.807) is 0 Å². The number of aliphatic hydroxyl groups excluding tert-OH is 1. The van der Waals surface area contributed by atoms with Gasteiger partial charge in [0.1, 0.15) is 10.8 Å². The molecule has 17 heavy (non-hydrogen) atoms. The van der Waals surface area contributed by atoms with E-state index in [0.29, 0.717) is 0 Å². The Kier molecular flexibility index (Phi) is 5.86. The molecule has 0 bridgehead atoms. The van der Waals surface area contributed by atoms with Crippen LogP contribution in [0.3, 0.4) is 0 Å². The topological polar surface area (TPSA) is 75.1 Å². The lowest BCUT2D eigenvalue weighted by Crippen LogP contribution is -2.33. The van der Waals surface area contributed by atoms with Gasteiger partial charge in [0.2, 0.25) is 0 Å². The van der Waals surface area contributed by atoms with Gasteiger partial charge in [-0.2, -0.15) is 0 Å². The summed E-state index contributed by atoms with van der Waals surface area (Å²) in [6.07, 6.45) is 5.14. The maximum Gasteiger partial charge on any atom is 0.271 e. The SMILES string of the molecule is C[C@H](CCCCO)NC(=O)c1cnc(Cl)cn1. The van der Waals surface area contributed by atoms with E-state index in [4.69, 9.17) is 16.7 Å². The van der Waals surface area contributed by atoms with Crippen molar-refractivity contribution in [1.29, 1.82) is 0 Å². The lowest BCUT2D eigenvalue weighted by molar-refractivity contribution is 0.0932. The van der Waals surface area contributed by atoms with Crippen LogP contribution in [0.5, 0.6) is 0 Å². The number of halogens is 1. The number of carbonyl (C=O) groups is 1. The van der Waals surface area contributed by atoms with Crippen molar-refractivity contribution in [2.75, 3.05) is 6.61 Å². The molecule has 1 rings (SSSR count). The van der Waals surface area contributed by atoms with Crippen molar-refractivity contribution in [2.24, 2.45) is 0 Å². The fraction of sp³-hybridized carbons (Fsp3) is 0.545. The Morgan fingerprint density at radius 3 is 2.82 bits per heavy atom. The average Bonchev–Trinajstić information content (AvgIpc) is 2.30. The predicted molar refractivity (Wildman–Crippen MR) is 64.9 cm³/mol. The van der Waals surface area contributed by atoms with Crippen LogP contribution in [0.1, 0.15) is 36.7 Å². The van der Waals surface area contributed by atoms with E-state index < -0.39 is 0 Å². The highest BCUT2D eigenvalue weighted by atomic mass is 35.5. The summed E-state index contributed by atoms with van der Waals surface area (Å²) < 4.78 is 0. The highest BCUT2D eigenvalue weighted by molar-refractivity contribution is 6.29. The lowest BCUT2D eigenvalue weighted by Gasteiger charge is -2.12. The number of amides is 1. The van der Waals surface area contributed by atoms with Gasteiger partial charge in [0, 0.05) is 12.6 Å². The molecular formula is C11H16ClN3O2.